The van der Waals surface area contributed by atoms with E-state index in [1.165, 1.54) is 12.8 Å². The number of anilines is 1. The van der Waals surface area contributed by atoms with E-state index in [0.717, 1.165) is 41.6 Å². The SMILES string of the molecule is Cc1cc(C)c(CO)c(N2CCC(C(C)(C)C)CC2)n1. The highest BCUT2D eigenvalue weighted by atomic mass is 16.3. The predicted octanol–water partition coefficient (Wildman–Crippen LogP) is 3.45. The van der Waals surface area contributed by atoms with E-state index >= 15 is 0 Å². The van der Waals surface area contributed by atoms with Gasteiger partial charge in [0.15, 0.2) is 0 Å². The molecule has 3 heteroatoms. The summed E-state index contributed by atoms with van der Waals surface area (Å²) in [4.78, 5) is 7.04. The first-order valence-corrected chi connectivity index (χ1v) is 7.66. The van der Waals surface area contributed by atoms with Gasteiger partial charge in [-0.1, -0.05) is 20.8 Å². The number of aromatic nitrogens is 1. The van der Waals surface area contributed by atoms with Crippen LogP contribution < -0.4 is 4.90 Å². The molecule has 20 heavy (non-hydrogen) atoms. The molecule has 0 radical (unpaired) electrons. The van der Waals surface area contributed by atoms with Gasteiger partial charge in [0.2, 0.25) is 0 Å². The predicted molar refractivity (Wildman–Crippen MR) is 84.0 cm³/mol. The molecule has 1 aromatic heterocycles. The zero-order valence-electron chi connectivity index (χ0n) is 13.5. The number of aliphatic hydroxyl groups excluding tert-OH is 1. The lowest BCUT2D eigenvalue weighted by molar-refractivity contribution is 0.198. The van der Waals surface area contributed by atoms with Crippen molar-refractivity contribution in [1.29, 1.82) is 0 Å². The maximum atomic E-state index is 9.64. The third kappa shape index (κ3) is 3.14. The summed E-state index contributed by atoms with van der Waals surface area (Å²) in [7, 11) is 0. The van der Waals surface area contributed by atoms with Crippen molar-refractivity contribution in [2.45, 2.75) is 54.1 Å². The highest BCUT2D eigenvalue weighted by Crippen LogP contribution is 2.36. The molecular formula is C17H28N2O. The minimum absolute atomic E-state index is 0.0770. The third-order valence-corrected chi connectivity index (χ3v) is 4.63. The van der Waals surface area contributed by atoms with E-state index in [9.17, 15) is 5.11 Å². The maximum absolute atomic E-state index is 9.64. The van der Waals surface area contributed by atoms with Gasteiger partial charge in [-0.05, 0) is 49.7 Å². The molecule has 1 aliphatic rings. The molecule has 0 spiro atoms. The van der Waals surface area contributed by atoms with E-state index < -0.39 is 0 Å². The van der Waals surface area contributed by atoms with Crippen LogP contribution in [0.3, 0.4) is 0 Å². The van der Waals surface area contributed by atoms with Crippen LogP contribution in [0.25, 0.3) is 0 Å². The van der Waals surface area contributed by atoms with Gasteiger partial charge < -0.3 is 10.0 Å². The second kappa shape index (κ2) is 5.72. The quantitative estimate of drug-likeness (QED) is 0.898. The molecule has 0 atom stereocenters. The zero-order valence-corrected chi connectivity index (χ0v) is 13.5. The minimum Gasteiger partial charge on any atom is -0.392 e. The smallest absolute Gasteiger partial charge is 0.134 e. The van der Waals surface area contributed by atoms with Crippen molar-refractivity contribution < 1.29 is 5.11 Å². The van der Waals surface area contributed by atoms with Gasteiger partial charge in [-0.3, -0.25) is 0 Å². The lowest BCUT2D eigenvalue weighted by atomic mass is 9.75. The number of piperidine rings is 1. The Labute approximate surface area is 123 Å². The summed E-state index contributed by atoms with van der Waals surface area (Å²) in [6.45, 7) is 13.3. The van der Waals surface area contributed by atoms with Crippen LogP contribution in [-0.4, -0.2) is 23.2 Å². The molecule has 1 fully saturated rings. The van der Waals surface area contributed by atoms with Crippen molar-refractivity contribution in [1.82, 2.24) is 4.98 Å². The van der Waals surface area contributed by atoms with Gasteiger partial charge in [0.05, 0.1) is 6.61 Å². The molecular weight excluding hydrogens is 248 g/mol. The van der Waals surface area contributed by atoms with E-state index in [1.54, 1.807) is 0 Å². The molecule has 1 aliphatic heterocycles. The molecule has 0 unspecified atom stereocenters. The molecule has 112 valence electrons. The van der Waals surface area contributed by atoms with E-state index in [-0.39, 0.29) is 6.61 Å². The van der Waals surface area contributed by atoms with Gasteiger partial charge in [0.25, 0.3) is 0 Å². The molecule has 0 aliphatic carbocycles. The number of nitrogens with zero attached hydrogens (tertiary/aromatic N) is 2. The largest absolute Gasteiger partial charge is 0.392 e. The van der Waals surface area contributed by atoms with Gasteiger partial charge >= 0.3 is 0 Å². The normalized spacial score (nSPS) is 17.6. The first-order valence-electron chi connectivity index (χ1n) is 7.66. The van der Waals surface area contributed by atoms with E-state index in [4.69, 9.17) is 0 Å². The fraction of sp³-hybridized carbons (Fsp3) is 0.706. The number of hydrogen-bond donors (Lipinski definition) is 1. The molecule has 3 nitrogen and oxygen atoms in total. The topological polar surface area (TPSA) is 36.4 Å². The number of aliphatic hydroxyl groups is 1. The van der Waals surface area contributed by atoms with Crippen LogP contribution >= 0.6 is 0 Å². The van der Waals surface area contributed by atoms with Crippen LogP contribution in [-0.2, 0) is 6.61 Å². The molecule has 1 aromatic rings. The van der Waals surface area contributed by atoms with Gasteiger partial charge in [0, 0.05) is 24.3 Å². The van der Waals surface area contributed by atoms with Crippen LogP contribution in [0.1, 0.15) is 50.4 Å². The van der Waals surface area contributed by atoms with Crippen molar-refractivity contribution in [2.24, 2.45) is 11.3 Å². The van der Waals surface area contributed by atoms with Crippen molar-refractivity contribution >= 4 is 5.82 Å². The molecule has 2 heterocycles. The Morgan fingerprint density at radius 1 is 1.25 bits per heavy atom. The summed E-state index contributed by atoms with van der Waals surface area (Å²) in [6, 6.07) is 2.05. The maximum Gasteiger partial charge on any atom is 0.134 e. The summed E-state index contributed by atoms with van der Waals surface area (Å²) in [5.41, 5.74) is 3.56. The van der Waals surface area contributed by atoms with E-state index in [0.29, 0.717) is 5.41 Å². The Hall–Kier alpha value is -1.09. The van der Waals surface area contributed by atoms with Crippen LogP contribution in [0.2, 0.25) is 0 Å². The van der Waals surface area contributed by atoms with Crippen molar-refractivity contribution in [3.63, 3.8) is 0 Å². The molecule has 0 bridgehead atoms. The lowest BCUT2D eigenvalue weighted by Gasteiger charge is -2.40. The first kappa shape index (κ1) is 15.3. The summed E-state index contributed by atoms with van der Waals surface area (Å²) in [6.07, 6.45) is 2.42. The summed E-state index contributed by atoms with van der Waals surface area (Å²) >= 11 is 0. The number of rotatable bonds is 2. The zero-order chi connectivity index (χ0) is 14.9. The van der Waals surface area contributed by atoms with Crippen LogP contribution in [0, 0.1) is 25.2 Å². The van der Waals surface area contributed by atoms with Crippen molar-refractivity contribution in [3.05, 3.63) is 22.9 Å². The van der Waals surface area contributed by atoms with Gasteiger partial charge in [-0.25, -0.2) is 4.98 Å². The average molecular weight is 276 g/mol. The summed E-state index contributed by atoms with van der Waals surface area (Å²) in [5, 5.41) is 9.64. The van der Waals surface area contributed by atoms with Crippen LogP contribution in [0.15, 0.2) is 6.07 Å². The van der Waals surface area contributed by atoms with Gasteiger partial charge in [0.1, 0.15) is 5.82 Å². The minimum atomic E-state index is 0.0770. The van der Waals surface area contributed by atoms with E-state index in [1.807, 2.05) is 6.92 Å². The highest BCUT2D eigenvalue weighted by molar-refractivity contribution is 5.51. The second-order valence-electron chi connectivity index (χ2n) is 7.17. The Bertz CT molecular complexity index is 469. The Morgan fingerprint density at radius 2 is 1.85 bits per heavy atom. The van der Waals surface area contributed by atoms with Gasteiger partial charge in [-0.2, -0.15) is 0 Å². The molecule has 2 rings (SSSR count). The number of hydrogen-bond acceptors (Lipinski definition) is 3. The van der Waals surface area contributed by atoms with Crippen molar-refractivity contribution in [3.8, 4) is 0 Å². The molecule has 1 N–H and O–H groups in total. The Kier molecular flexibility index (Phi) is 4.38. The Morgan fingerprint density at radius 3 is 2.35 bits per heavy atom. The molecule has 0 amide bonds. The second-order valence-corrected chi connectivity index (χ2v) is 7.17. The fourth-order valence-corrected chi connectivity index (χ4v) is 3.26. The van der Waals surface area contributed by atoms with Crippen molar-refractivity contribution in [2.75, 3.05) is 18.0 Å². The molecule has 0 saturated carbocycles. The average Bonchev–Trinajstić information content (AvgIpc) is 2.37. The van der Waals surface area contributed by atoms with Crippen LogP contribution in [0.4, 0.5) is 5.82 Å². The summed E-state index contributed by atoms with van der Waals surface area (Å²) < 4.78 is 0. The highest BCUT2D eigenvalue weighted by Gasteiger charge is 2.30. The lowest BCUT2D eigenvalue weighted by Crippen LogP contribution is -2.39. The fourth-order valence-electron chi connectivity index (χ4n) is 3.26. The molecule has 1 saturated heterocycles. The monoisotopic (exact) mass is 276 g/mol. The van der Waals surface area contributed by atoms with Gasteiger partial charge in [-0.15, -0.1) is 0 Å². The number of pyridine rings is 1. The van der Waals surface area contributed by atoms with Crippen LogP contribution in [0.5, 0.6) is 0 Å². The van der Waals surface area contributed by atoms with E-state index in [2.05, 4.69) is 43.6 Å². The number of aryl methyl sites for hydroxylation is 2. The summed E-state index contributed by atoms with van der Waals surface area (Å²) in [5.74, 6) is 1.78. The first-order chi connectivity index (χ1) is 9.32. The standard InChI is InChI=1S/C17H28N2O/c1-12-10-13(2)18-16(15(12)11-20)19-8-6-14(7-9-19)17(3,4)5/h10,14,20H,6-9,11H2,1-5H3. The molecule has 0 aromatic carbocycles. The Balaban J connectivity index is 2.19. The third-order valence-electron chi connectivity index (χ3n) is 4.63.